The van der Waals surface area contributed by atoms with Gasteiger partial charge in [0.25, 0.3) is 5.91 Å². The SMILES string of the molecule is Cc1cc(C)c2c(=O)cc(C(=O)Nc3nc(C)c(C(=O)OCC(C)C)s3)oc2c1. The maximum atomic E-state index is 12.6. The Morgan fingerprint density at radius 2 is 1.93 bits per heavy atom. The average Bonchev–Trinajstić information content (AvgIpc) is 2.98. The van der Waals surface area contributed by atoms with E-state index in [9.17, 15) is 14.4 Å². The monoisotopic (exact) mass is 414 g/mol. The average molecular weight is 414 g/mol. The van der Waals surface area contributed by atoms with Crippen molar-refractivity contribution in [3.63, 3.8) is 0 Å². The fraction of sp³-hybridized carbons (Fsp3) is 0.333. The van der Waals surface area contributed by atoms with E-state index in [1.807, 2.05) is 33.8 Å². The highest BCUT2D eigenvalue weighted by Crippen LogP contribution is 2.25. The summed E-state index contributed by atoms with van der Waals surface area (Å²) >= 11 is 1.02. The first-order valence-electron chi connectivity index (χ1n) is 9.16. The number of hydrogen-bond acceptors (Lipinski definition) is 7. The van der Waals surface area contributed by atoms with Crippen molar-refractivity contribution in [2.45, 2.75) is 34.6 Å². The first-order chi connectivity index (χ1) is 13.7. The second-order valence-corrected chi connectivity index (χ2v) is 8.31. The van der Waals surface area contributed by atoms with Gasteiger partial charge in [0, 0.05) is 6.07 Å². The van der Waals surface area contributed by atoms with Gasteiger partial charge in [0.1, 0.15) is 10.5 Å². The molecule has 0 unspecified atom stereocenters. The molecule has 0 saturated heterocycles. The Labute approximate surface area is 171 Å². The van der Waals surface area contributed by atoms with E-state index in [0.717, 1.165) is 28.5 Å². The summed E-state index contributed by atoms with van der Waals surface area (Å²) in [6.07, 6.45) is 0. The largest absolute Gasteiger partial charge is 0.461 e. The number of esters is 1. The van der Waals surface area contributed by atoms with Crippen molar-refractivity contribution in [1.82, 2.24) is 4.98 Å². The van der Waals surface area contributed by atoms with Gasteiger partial charge in [-0.3, -0.25) is 14.9 Å². The van der Waals surface area contributed by atoms with E-state index in [4.69, 9.17) is 9.15 Å². The second-order valence-electron chi connectivity index (χ2n) is 7.31. The number of carbonyl (C=O) groups excluding carboxylic acids is 2. The van der Waals surface area contributed by atoms with Crippen LogP contribution in [0.2, 0.25) is 0 Å². The number of nitrogens with one attached hydrogen (secondary N) is 1. The van der Waals surface area contributed by atoms with Crippen LogP contribution in [-0.2, 0) is 4.74 Å². The molecule has 29 heavy (non-hydrogen) atoms. The molecule has 0 aliphatic carbocycles. The smallest absolute Gasteiger partial charge is 0.350 e. The van der Waals surface area contributed by atoms with Crippen LogP contribution in [0.3, 0.4) is 0 Å². The fourth-order valence-corrected chi connectivity index (χ4v) is 3.74. The Kier molecular flexibility index (Phi) is 5.83. The highest BCUT2D eigenvalue weighted by molar-refractivity contribution is 7.17. The van der Waals surface area contributed by atoms with Gasteiger partial charge in [-0.15, -0.1) is 0 Å². The van der Waals surface area contributed by atoms with Gasteiger partial charge >= 0.3 is 5.97 Å². The summed E-state index contributed by atoms with van der Waals surface area (Å²) in [6.45, 7) is 9.57. The maximum Gasteiger partial charge on any atom is 0.350 e. The molecule has 0 aliphatic rings. The topological polar surface area (TPSA) is 98.5 Å². The number of benzene rings is 1. The summed E-state index contributed by atoms with van der Waals surface area (Å²) in [5, 5.41) is 3.27. The van der Waals surface area contributed by atoms with Gasteiger partial charge in [0.15, 0.2) is 16.3 Å². The molecule has 0 aliphatic heterocycles. The Hall–Kier alpha value is -3.00. The number of aryl methyl sites for hydroxylation is 3. The van der Waals surface area contributed by atoms with Crippen LogP contribution in [0.25, 0.3) is 11.0 Å². The summed E-state index contributed by atoms with van der Waals surface area (Å²) in [5.41, 5.74) is 2.25. The first kappa shape index (κ1) is 20.7. The molecule has 2 heterocycles. The van der Waals surface area contributed by atoms with Crippen molar-refractivity contribution >= 4 is 39.3 Å². The molecule has 0 bridgehead atoms. The van der Waals surface area contributed by atoms with Crippen molar-refractivity contribution in [2.75, 3.05) is 11.9 Å². The van der Waals surface area contributed by atoms with E-state index in [0.29, 0.717) is 28.1 Å². The Bertz CT molecular complexity index is 1160. The van der Waals surface area contributed by atoms with E-state index in [2.05, 4.69) is 10.3 Å². The van der Waals surface area contributed by atoms with Gasteiger partial charge in [-0.25, -0.2) is 9.78 Å². The molecule has 1 amide bonds. The Morgan fingerprint density at radius 1 is 1.21 bits per heavy atom. The molecule has 0 spiro atoms. The van der Waals surface area contributed by atoms with E-state index < -0.39 is 11.9 Å². The molecule has 8 heteroatoms. The normalized spacial score (nSPS) is 11.1. The van der Waals surface area contributed by atoms with Crippen molar-refractivity contribution < 1.29 is 18.7 Å². The van der Waals surface area contributed by atoms with Crippen LogP contribution in [0.1, 0.15) is 50.9 Å². The number of fused-ring (bicyclic) bond motifs is 1. The number of anilines is 1. The standard InChI is InChI=1S/C21H22N2O5S/c1-10(2)9-27-20(26)18-13(5)22-21(29-18)23-19(25)16-8-14(24)17-12(4)6-11(3)7-15(17)28-16/h6-8,10H,9H2,1-5H3,(H,22,23,25). The number of aromatic nitrogens is 1. The summed E-state index contributed by atoms with van der Waals surface area (Å²) < 4.78 is 10.9. The van der Waals surface area contributed by atoms with E-state index in [-0.39, 0.29) is 22.2 Å². The van der Waals surface area contributed by atoms with Gasteiger partial charge < -0.3 is 9.15 Å². The van der Waals surface area contributed by atoms with Crippen molar-refractivity contribution in [3.05, 3.63) is 55.9 Å². The molecule has 3 rings (SSSR count). The number of carbonyl (C=O) groups is 2. The van der Waals surface area contributed by atoms with Crippen LogP contribution in [0.15, 0.2) is 27.4 Å². The number of amides is 1. The highest BCUT2D eigenvalue weighted by Gasteiger charge is 2.20. The quantitative estimate of drug-likeness (QED) is 0.627. The third kappa shape index (κ3) is 4.54. The Balaban J connectivity index is 1.85. The number of nitrogens with zero attached hydrogens (tertiary/aromatic N) is 1. The van der Waals surface area contributed by atoms with Gasteiger partial charge in [-0.05, 0) is 43.9 Å². The van der Waals surface area contributed by atoms with Crippen molar-refractivity contribution in [1.29, 1.82) is 0 Å². The predicted molar refractivity (Wildman–Crippen MR) is 112 cm³/mol. The fourth-order valence-electron chi connectivity index (χ4n) is 2.88. The predicted octanol–water partition coefficient (Wildman–Crippen LogP) is 4.24. The lowest BCUT2D eigenvalue weighted by Crippen LogP contribution is -2.15. The lowest BCUT2D eigenvalue weighted by Gasteiger charge is -2.06. The van der Waals surface area contributed by atoms with Gasteiger partial charge in [0.05, 0.1) is 17.7 Å². The number of thiazole rings is 1. The summed E-state index contributed by atoms with van der Waals surface area (Å²) in [5.74, 6) is -0.991. The summed E-state index contributed by atoms with van der Waals surface area (Å²) in [6, 6.07) is 4.77. The molecular weight excluding hydrogens is 392 g/mol. The van der Waals surface area contributed by atoms with Gasteiger partial charge in [-0.2, -0.15) is 0 Å². The molecule has 0 atom stereocenters. The minimum atomic E-state index is -0.612. The summed E-state index contributed by atoms with van der Waals surface area (Å²) in [4.78, 5) is 41.7. The third-order valence-electron chi connectivity index (χ3n) is 4.15. The molecule has 7 nitrogen and oxygen atoms in total. The minimum absolute atomic E-state index is 0.121. The molecule has 2 aromatic heterocycles. The summed E-state index contributed by atoms with van der Waals surface area (Å²) in [7, 11) is 0. The number of ether oxygens (including phenoxy) is 1. The van der Waals surface area contributed by atoms with Crippen LogP contribution in [0.4, 0.5) is 5.13 Å². The molecule has 0 radical (unpaired) electrons. The molecule has 3 aromatic rings. The Morgan fingerprint density at radius 3 is 2.62 bits per heavy atom. The second kappa shape index (κ2) is 8.16. The van der Waals surface area contributed by atoms with Crippen LogP contribution < -0.4 is 10.7 Å². The zero-order valence-corrected chi connectivity index (χ0v) is 17.7. The van der Waals surface area contributed by atoms with Crippen molar-refractivity contribution in [3.8, 4) is 0 Å². The van der Waals surface area contributed by atoms with Crippen LogP contribution in [0.5, 0.6) is 0 Å². The molecule has 0 fully saturated rings. The minimum Gasteiger partial charge on any atom is -0.461 e. The zero-order chi connectivity index (χ0) is 21.3. The molecule has 0 saturated carbocycles. The van der Waals surface area contributed by atoms with E-state index in [1.165, 1.54) is 0 Å². The molecule has 152 valence electrons. The highest BCUT2D eigenvalue weighted by atomic mass is 32.1. The van der Waals surface area contributed by atoms with Crippen LogP contribution >= 0.6 is 11.3 Å². The van der Waals surface area contributed by atoms with E-state index in [1.54, 1.807) is 13.0 Å². The lowest BCUT2D eigenvalue weighted by molar-refractivity contribution is 0.0463. The number of rotatable bonds is 5. The third-order valence-corrected chi connectivity index (χ3v) is 5.20. The van der Waals surface area contributed by atoms with Gasteiger partial charge in [-0.1, -0.05) is 31.3 Å². The molecule has 1 aromatic carbocycles. The van der Waals surface area contributed by atoms with Crippen LogP contribution in [-0.4, -0.2) is 23.5 Å². The zero-order valence-electron chi connectivity index (χ0n) is 16.9. The maximum absolute atomic E-state index is 12.6. The van der Waals surface area contributed by atoms with Crippen LogP contribution in [0, 0.1) is 26.7 Å². The van der Waals surface area contributed by atoms with Gasteiger partial charge in [0.2, 0.25) is 0 Å². The molecular formula is C21H22N2O5S. The van der Waals surface area contributed by atoms with Crippen molar-refractivity contribution in [2.24, 2.45) is 5.92 Å². The first-order valence-corrected chi connectivity index (χ1v) is 9.98. The number of hydrogen-bond donors (Lipinski definition) is 1. The molecule has 1 N–H and O–H groups in total. The van der Waals surface area contributed by atoms with E-state index >= 15 is 0 Å². The lowest BCUT2D eigenvalue weighted by atomic mass is 10.1.